The fourth-order valence-corrected chi connectivity index (χ4v) is 0.789. The van der Waals surface area contributed by atoms with Crippen LogP contribution in [0.1, 0.15) is 32.6 Å². The predicted molar refractivity (Wildman–Crippen MR) is 44.1 cm³/mol. The molecule has 0 saturated carbocycles. The average molecular weight is 145 g/mol. The highest BCUT2D eigenvalue weighted by molar-refractivity contribution is 4.46. The Bertz CT molecular complexity index is 49.2. The van der Waals surface area contributed by atoms with Gasteiger partial charge in [0.15, 0.2) is 0 Å². The fourth-order valence-electron chi connectivity index (χ4n) is 0.789. The molecule has 0 atom stereocenters. The lowest BCUT2D eigenvalue weighted by Crippen LogP contribution is -2.16. The van der Waals surface area contributed by atoms with Crippen molar-refractivity contribution in [2.75, 3.05) is 19.7 Å². The number of nitrogens with one attached hydrogen (secondary N) is 1. The van der Waals surface area contributed by atoms with Crippen LogP contribution >= 0.6 is 0 Å². The van der Waals surface area contributed by atoms with Crippen molar-refractivity contribution < 1.29 is 5.11 Å². The maximum absolute atomic E-state index is 8.44. The molecule has 0 saturated heterocycles. The van der Waals surface area contributed by atoms with E-state index in [1.54, 1.807) is 0 Å². The van der Waals surface area contributed by atoms with E-state index < -0.39 is 0 Å². The molecule has 0 aromatic rings. The largest absolute Gasteiger partial charge is 0.396 e. The summed E-state index contributed by atoms with van der Waals surface area (Å²) in [5.41, 5.74) is 0. The van der Waals surface area contributed by atoms with Crippen LogP contribution < -0.4 is 5.32 Å². The number of rotatable bonds is 7. The molecule has 0 spiro atoms. The molecule has 0 radical (unpaired) electrons. The zero-order valence-corrected chi connectivity index (χ0v) is 6.90. The Balaban J connectivity index is 2.65. The normalized spacial score (nSPS) is 10.2. The number of unbranched alkanes of at least 4 members (excludes halogenated alkanes) is 2. The van der Waals surface area contributed by atoms with Gasteiger partial charge in [-0.05, 0) is 32.4 Å². The molecule has 0 bridgehead atoms. The van der Waals surface area contributed by atoms with Crippen molar-refractivity contribution in [1.29, 1.82) is 0 Å². The zero-order chi connectivity index (χ0) is 7.66. The molecule has 0 fully saturated rings. The Morgan fingerprint density at radius 2 is 1.80 bits per heavy atom. The average Bonchev–Trinajstić information content (AvgIpc) is 1.97. The van der Waals surface area contributed by atoms with Crippen molar-refractivity contribution in [1.82, 2.24) is 5.32 Å². The van der Waals surface area contributed by atoms with E-state index in [-0.39, 0.29) is 0 Å². The second-order valence-electron chi connectivity index (χ2n) is 2.53. The molecule has 0 aliphatic rings. The minimum absolute atomic E-state index is 0.329. The lowest BCUT2D eigenvalue weighted by atomic mass is 10.3. The first-order valence-electron chi connectivity index (χ1n) is 4.23. The lowest BCUT2D eigenvalue weighted by molar-refractivity contribution is 0.283. The second kappa shape index (κ2) is 8.92. The monoisotopic (exact) mass is 145 g/mol. The van der Waals surface area contributed by atoms with E-state index in [0.29, 0.717) is 6.61 Å². The first kappa shape index (κ1) is 9.92. The SMILES string of the molecule is CCCCNCCCCO. The third-order valence-electron chi connectivity index (χ3n) is 1.47. The van der Waals surface area contributed by atoms with Crippen LogP contribution in [0.2, 0.25) is 0 Å². The first-order chi connectivity index (χ1) is 4.91. The molecule has 0 aliphatic carbocycles. The van der Waals surface area contributed by atoms with Gasteiger partial charge in [0.05, 0.1) is 0 Å². The second-order valence-corrected chi connectivity index (χ2v) is 2.53. The molecule has 2 nitrogen and oxygen atoms in total. The number of hydrogen-bond acceptors (Lipinski definition) is 2. The molecule has 2 N–H and O–H groups in total. The minimum atomic E-state index is 0.329. The Morgan fingerprint density at radius 3 is 2.40 bits per heavy atom. The molecule has 0 heterocycles. The molecular formula is C8H19NO. The highest BCUT2D eigenvalue weighted by Crippen LogP contribution is 1.85. The Morgan fingerprint density at radius 1 is 1.10 bits per heavy atom. The lowest BCUT2D eigenvalue weighted by Gasteiger charge is -2.01. The van der Waals surface area contributed by atoms with Gasteiger partial charge >= 0.3 is 0 Å². The van der Waals surface area contributed by atoms with Crippen LogP contribution in [0.5, 0.6) is 0 Å². The van der Waals surface area contributed by atoms with Crippen molar-refractivity contribution in [2.24, 2.45) is 0 Å². The van der Waals surface area contributed by atoms with Gasteiger partial charge in [-0.2, -0.15) is 0 Å². The van der Waals surface area contributed by atoms with Gasteiger partial charge in [0.25, 0.3) is 0 Å². The van der Waals surface area contributed by atoms with Gasteiger partial charge in [-0.1, -0.05) is 13.3 Å². The quantitative estimate of drug-likeness (QED) is 0.527. The maximum atomic E-state index is 8.44. The third-order valence-corrected chi connectivity index (χ3v) is 1.47. The van der Waals surface area contributed by atoms with Crippen molar-refractivity contribution in [2.45, 2.75) is 32.6 Å². The Kier molecular flexibility index (Phi) is 8.85. The van der Waals surface area contributed by atoms with Crippen LogP contribution in [-0.4, -0.2) is 24.8 Å². The van der Waals surface area contributed by atoms with E-state index in [9.17, 15) is 0 Å². The van der Waals surface area contributed by atoms with E-state index in [1.807, 2.05) is 0 Å². The molecule has 0 unspecified atom stereocenters. The molecular weight excluding hydrogens is 126 g/mol. The zero-order valence-electron chi connectivity index (χ0n) is 6.90. The van der Waals surface area contributed by atoms with Gasteiger partial charge in [0.2, 0.25) is 0 Å². The number of hydrogen-bond donors (Lipinski definition) is 2. The summed E-state index contributed by atoms with van der Waals surface area (Å²) in [4.78, 5) is 0. The minimum Gasteiger partial charge on any atom is -0.396 e. The van der Waals surface area contributed by atoms with Crippen LogP contribution in [0.4, 0.5) is 0 Å². The predicted octanol–water partition coefficient (Wildman–Crippen LogP) is 1.15. The van der Waals surface area contributed by atoms with Crippen LogP contribution in [-0.2, 0) is 0 Å². The van der Waals surface area contributed by atoms with Crippen LogP contribution in [0.3, 0.4) is 0 Å². The smallest absolute Gasteiger partial charge is 0.0431 e. The van der Waals surface area contributed by atoms with Crippen molar-refractivity contribution in [3.8, 4) is 0 Å². The van der Waals surface area contributed by atoms with E-state index >= 15 is 0 Å². The van der Waals surface area contributed by atoms with Crippen LogP contribution in [0, 0.1) is 0 Å². The summed E-state index contributed by atoms with van der Waals surface area (Å²) in [6.45, 7) is 4.70. The van der Waals surface area contributed by atoms with E-state index in [4.69, 9.17) is 5.11 Å². The summed E-state index contributed by atoms with van der Waals surface area (Å²) in [5, 5.41) is 11.8. The Hall–Kier alpha value is -0.0800. The summed E-state index contributed by atoms with van der Waals surface area (Å²) >= 11 is 0. The van der Waals surface area contributed by atoms with Crippen LogP contribution in [0.15, 0.2) is 0 Å². The van der Waals surface area contributed by atoms with Gasteiger partial charge in [-0.25, -0.2) is 0 Å². The number of aliphatic hydroxyl groups is 1. The van der Waals surface area contributed by atoms with E-state index in [1.165, 1.54) is 12.8 Å². The van der Waals surface area contributed by atoms with E-state index in [2.05, 4.69) is 12.2 Å². The summed E-state index contributed by atoms with van der Waals surface area (Å²) < 4.78 is 0. The molecule has 0 rings (SSSR count). The highest BCUT2D eigenvalue weighted by Gasteiger charge is 1.85. The maximum Gasteiger partial charge on any atom is 0.0431 e. The van der Waals surface area contributed by atoms with Gasteiger partial charge in [-0.15, -0.1) is 0 Å². The van der Waals surface area contributed by atoms with Crippen molar-refractivity contribution in [3.63, 3.8) is 0 Å². The molecule has 0 aromatic heterocycles. The summed E-state index contributed by atoms with van der Waals surface area (Å²) in [5.74, 6) is 0. The molecule has 10 heavy (non-hydrogen) atoms. The number of aliphatic hydroxyl groups excluding tert-OH is 1. The molecule has 62 valence electrons. The molecule has 0 aromatic carbocycles. The van der Waals surface area contributed by atoms with Gasteiger partial charge in [-0.3, -0.25) is 0 Å². The van der Waals surface area contributed by atoms with Gasteiger partial charge in [0, 0.05) is 6.61 Å². The third kappa shape index (κ3) is 7.92. The summed E-state index contributed by atoms with van der Waals surface area (Å²) in [6, 6.07) is 0. The van der Waals surface area contributed by atoms with E-state index in [0.717, 1.165) is 25.9 Å². The Labute approximate surface area is 63.6 Å². The summed E-state index contributed by atoms with van der Waals surface area (Å²) in [6.07, 6.45) is 4.55. The highest BCUT2D eigenvalue weighted by atomic mass is 16.2. The molecule has 2 heteroatoms. The first-order valence-corrected chi connectivity index (χ1v) is 4.23. The fraction of sp³-hybridized carbons (Fsp3) is 1.00. The van der Waals surface area contributed by atoms with Gasteiger partial charge in [0.1, 0.15) is 0 Å². The molecule has 0 amide bonds. The van der Waals surface area contributed by atoms with Crippen molar-refractivity contribution >= 4 is 0 Å². The van der Waals surface area contributed by atoms with Gasteiger partial charge < -0.3 is 10.4 Å². The molecule has 0 aliphatic heterocycles. The van der Waals surface area contributed by atoms with Crippen molar-refractivity contribution in [3.05, 3.63) is 0 Å². The van der Waals surface area contributed by atoms with Crippen LogP contribution in [0.25, 0.3) is 0 Å². The summed E-state index contributed by atoms with van der Waals surface area (Å²) in [7, 11) is 0. The topological polar surface area (TPSA) is 32.3 Å². The standard InChI is InChI=1S/C8H19NO/c1-2-3-6-9-7-4-5-8-10/h9-10H,2-8H2,1H3.